The minimum atomic E-state index is -4.45. The second-order valence-electron chi connectivity index (χ2n) is 12.2. The second-order valence-corrected chi connectivity index (χ2v) is 12.2. The number of hydrogen-bond donors (Lipinski definition) is 1. The largest absolute Gasteiger partial charge is 0.481 e. The van der Waals surface area contributed by atoms with Crippen LogP contribution < -0.4 is 0 Å². The SMILES string of the molecule is O=C(O)Cc1ccccc1C1CCN([C@H]2C[C@H]3CCC[C@@]3(C(=O)N3CCc4ncc(C(F)(F)F)cc4C3)C2)CC1. The van der Waals surface area contributed by atoms with Crippen molar-refractivity contribution in [3.05, 3.63) is 64.5 Å². The number of likely N-dealkylation sites (tertiary alicyclic amines) is 1. The Kier molecular flexibility index (Phi) is 7.13. The summed E-state index contributed by atoms with van der Waals surface area (Å²) in [6, 6.07) is 9.37. The summed E-state index contributed by atoms with van der Waals surface area (Å²) in [6.07, 6.45) is 3.65. The molecule has 214 valence electrons. The Morgan fingerprint density at radius 2 is 1.88 bits per heavy atom. The van der Waals surface area contributed by atoms with Gasteiger partial charge in [-0.05, 0) is 86.2 Å². The van der Waals surface area contributed by atoms with E-state index >= 15 is 0 Å². The summed E-state index contributed by atoms with van der Waals surface area (Å²) in [5, 5.41) is 9.32. The van der Waals surface area contributed by atoms with Crippen LogP contribution in [0.15, 0.2) is 36.5 Å². The van der Waals surface area contributed by atoms with Crippen LogP contribution in [0.4, 0.5) is 13.2 Å². The molecule has 1 aromatic carbocycles. The number of amides is 1. The number of rotatable bonds is 5. The summed E-state index contributed by atoms with van der Waals surface area (Å²) >= 11 is 0. The summed E-state index contributed by atoms with van der Waals surface area (Å²) < 4.78 is 39.9. The molecule has 2 aliphatic carbocycles. The van der Waals surface area contributed by atoms with Gasteiger partial charge in [0.05, 0.1) is 17.4 Å². The number of alkyl halides is 3. The van der Waals surface area contributed by atoms with Crippen molar-refractivity contribution in [2.75, 3.05) is 19.6 Å². The first-order valence-electron chi connectivity index (χ1n) is 14.5. The van der Waals surface area contributed by atoms with Crippen molar-refractivity contribution in [3.63, 3.8) is 0 Å². The maximum atomic E-state index is 14.1. The predicted molar refractivity (Wildman–Crippen MR) is 142 cm³/mol. The van der Waals surface area contributed by atoms with E-state index in [0.29, 0.717) is 42.1 Å². The number of carbonyl (C=O) groups is 2. The molecule has 3 heterocycles. The number of pyridine rings is 1. The molecule has 0 spiro atoms. The van der Waals surface area contributed by atoms with E-state index in [1.807, 2.05) is 18.2 Å². The van der Waals surface area contributed by atoms with Crippen molar-refractivity contribution in [1.82, 2.24) is 14.8 Å². The molecule has 1 amide bonds. The van der Waals surface area contributed by atoms with Crippen LogP contribution in [0.1, 0.15) is 78.8 Å². The molecule has 9 heteroatoms. The highest BCUT2D eigenvalue weighted by Gasteiger charge is 2.57. The number of fused-ring (bicyclic) bond motifs is 2. The number of aromatic nitrogens is 1. The van der Waals surface area contributed by atoms with E-state index in [-0.39, 0.29) is 18.9 Å². The molecule has 40 heavy (non-hydrogen) atoms. The summed E-state index contributed by atoms with van der Waals surface area (Å²) in [7, 11) is 0. The Morgan fingerprint density at radius 1 is 1.10 bits per heavy atom. The maximum absolute atomic E-state index is 14.1. The van der Waals surface area contributed by atoms with Crippen molar-refractivity contribution in [2.45, 2.75) is 82.5 Å². The van der Waals surface area contributed by atoms with Gasteiger partial charge in [-0.15, -0.1) is 0 Å². The molecule has 1 aromatic heterocycles. The van der Waals surface area contributed by atoms with Gasteiger partial charge in [0, 0.05) is 37.4 Å². The van der Waals surface area contributed by atoms with Crippen molar-refractivity contribution in [3.8, 4) is 0 Å². The number of carbonyl (C=O) groups excluding carboxylic acids is 1. The Hall–Kier alpha value is -2.94. The minimum absolute atomic E-state index is 0.0415. The van der Waals surface area contributed by atoms with Crippen molar-refractivity contribution >= 4 is 11.9 Å². The summed E-state index contributed by atoms with van der Waals surface area (Å²) in [6.45, 7) is 2.56. The molecule has 6 nitrogen and oxygen atoms in total. The monoisotopic (exact) mass is 555 g/mol. The topological polar surface area (TPSA) is 73.7 Å². The van der Waals surface area contributed by atoms with E-state index < -0.39 is 23.1 Å². The lowest BCUT2D eigenvalue weighted by atomic mass is 9.78. The van der Waals surface area contributed by atoms with E-state index in [0.717, 1.165) is 75.4 Å². The Balaban J connectivity index is 1.13. The lowest BCUT2D eigenvalue weighted by Gasteiger charge is -2.39. The predicted octanol–water partition coefficient (Wildman–Crippen LogP) is 5.44. The molecule has 3 fully saturated rings. The lowest BCUT2D eigenvalue weighted by molar-refractivity contribution is -0.144. The fourth-order valence-electron chi connectivity index (χ4n) is 8.14. The van der Waals surface area contributed by atoms with Crippen LogP contribution in [0.5, 0.6) is 0 Å². The van der Waals surface area contributed by atoms with Gasteiger partial charge in [-0.25, -0.2) is 0 Å². The number of halogens is 3. The fourth-order valence-corrected chi connectivity index (χ4v) is 8.14. The van der Waals surface area contributed by atoms with Gasteiger partial charge in [-0.3, -0.25) is 14.6 Å². The molecule has 0 radical (unpaired) electrons. The first kappa shape index (κ1) is 27.2. The Labute approximate surface area is 232 Å². The van der Waals surface area contributed by atoms with Crippen LogP contribution in [0.25, 0.3) is 0 Å². The minimum Gasteiger partial charge on any atom is -0.481 e. The van der Waals surface area contributed by atoms with Crippen LogP contribution in [0.3, 0.4) is 0 Å². The molecule has 1 saturated heterocycles. The van der Waals surface area contributed by atoms with Crippen molar-refractivity contribution in [1.29, 1.82) is 0 Å². The zero-order valence-corrected chi connectivity index (χ0v) is 22.6. The van der Waals surface area contributed by atoms with E-state index in [4.69, 9.17) is 0 Å². The van der Waals surface area contributed by atoms with Crippen LogP contribution in [0.2, 0.25) is 0 Å². The van der Waals surface area contributed by atoms with Crippen LogP contribution in [-0.4, -0.2) is 57.4 Å². The van der Waals surface area contributed by atoms with Gasteiger partial charge in [0.1, 0.15) is 0 Å². The fraction of sp³-hybridized carbons (Fsp3) is 0.581. The van der Waals surface area contributed by atoms with E-state index in [9.17, 15) is 27.9 Å². The third-order valence-corrected chi connectivity index (χ3v) is 10.1. The first-order chi connectivity index (χ1) is 19.1. The third-order valence-electron chi connectivity index (χ3n) is 10.1. The van der Waals surface area contributed by atoms with Gasteiger partial charge >= 0.3 is 12.1 Å². The molecule has 2 saturated carbocycles. The molecule has 2 aliphatic heterocycles. The quantitative estimate of drug-likeness (QED) is 0.532. The number of hydrogen-bond acceptors (Lipinski definition) is 4. The number of aliphatic carboxylic acids is 1. The number of carboxylic acids is 1. The van der Waals surface area contributed by atoms with E-state index in [1.54, 1.807) is 4.90 Å². The standard InChI is InChI=1S/C31H36F3N3O3/c32-31(33,34)24-14-22-19-37(13-9-27(22)35-18-24)29(40)30-10-3-5-23(30)16-25(17-30)36-11-7-20(8-12-36)26-6-2-1-4-21(26)15-28(38)39/h1-2,4,6,14,18,20,23,25H,3,5,7-13,15-17,19H2,(H,38,39)/t23-,25+,30-/m1/s1. The van der Waals surface area contributed by atoms with Crippen LogP contribution in [0, 0.1) is 11.3 Å². The average Bonchev–Trinajstić information content (AvgIpc) is 3.51. The molecule has 1 N–H and O–H groups in total. The van der Waals surface area contributed by atoms with Crippen molar-refractivity contribution in [2.24, 2.45) is 11.3 Å². The normalized spacial score (nSPS) is 27.4. The summed E-state index contributed by atoms with van der Waals surface area (Å²) in [5.74, 6) is -0.0309. The van der Waals surface area contributed by atoms with Crippen molar-refractivity contribution < 1.29 is 27.9 Å². The molecule has 6 rings (SSSR count). The smallest absolute Gasteiger partial charge is 0.417 e. The Bertz CT molecular complexity index is 1290. The molecule has 0 unspecified atom stereocenters. The van der Waals surface area contributed by atoms with Crippen LogP contribution in [-0.2, 0) is 35.2 Å². The lowest BCUT2D eigenvalue weighted by Crippen LogP contribution is -2.47. The van der Waals surface area contributed by atoms with E-state index in [2.05, 4.69) is 16.0 Å². The molecule has 3 atom stereocenters. The zero-order chi connectivity index (χ0) is 28.1. The van der Waals surface area contributed by atoms with Gasteiger partial charge in [-0.1, -0.05) is 30.7 Å². The zero-order valence-electron chi connectivity index (χ0n) is 22.6. The second kappa shape index (κ2) is 10.5. The van der Waals surface area contributed by atoms with Gasteiger partial charge in [0.15, 0.2) is 0 Å². The number of nitrogens with zero attached hydrogens (tertiary/aromatic N) is 3. The molecular formula is C31H36F3N3O3. The number of benzene rings is 1. The number of piperidine rings is 1. The highest BCUT2D eigenvalue weighted by molar-refractivity contribution is 5.84. The third kappa shape index (κ3) is 5.01. The maximum Gasteiger partial charge on any atom is 0.417 e. The Morgan fingerprint density at radius 3 is 2.62 bits per heavy atom. The van der Waals surface area contributed by atoms with Gasteiger partial charge in [-0.2, -0.15) is 13.2 Å². The van der Waals surface area contributed by atoms with Gasteiger partial charge in [0.25, 0.3) is 0 Å². The molecular weight excluding hydrogens is 519 g/mol. The summed E-state index contributed by atoms with van der Waals surface area (Å²) in [5.41, 5.74) is 2.05. The first-order valence-corrected chi connectivity index (χ1v) is 14.5. The highest BCUT2D eigenvalue weighted by Crippen LogP contribution is 2.57. The van der Waals surface area contributed by atoms with Gasteiger partial charge < -0.3 is 14.9 Å². The average molecular weight is 556 g/mol. The molecule has 0 bridgehead atoms. The molecule has 4 aliphatic rings. The number of carboxylic acid groups (broad SMARTS) is 1. The van der Waals surface area contributed by atoms with Crippen LogP contribution >= 0.6 is 0 Å². The molecule has 2 aromatic rings. The highest BCUT2D eigenvalue weighted by atomic mass is 19.4. The van der Waals surface area contributed by atoms with E-state index in [1.165, 1.54) is 6.07 Å². The van der Waals surface area contributed by atoms with Gasteiger partial charge in [0.2, 0.25) is 5.91 Å². The summed E-state index contributed by atoms with van der Waals surface area (Å²) in [4.78, 5) is 33.9.